The maximum absolute atomic E-state index is 12.0. The molecule has 1 amide bonds. The molecule has 0 radical (unpaired) electrons. The zero-order chi connectivity index (χ0) is 16.1. The number of ether oxygens (including phenoxy) is 2. The largest absolute Gasteiger partial charge is 0.496 e. The molecule has 116 valence electrons. The summed E-state index contributed by atoms with van der Waals surface area (Å²) in [5, 5.41) is 8.61. The summed E-state index contributed by atoms with van der Waals surface area (Å²) >= 11 is 0. The number of amides is 1. The summed E-state index contributed by atoms with van der Waals surface area (Å²) in [7, 11) is 3.15. The molecule has 0 saturated carbocycles. The highest BCUT2D eigenvalue weighted by Gasteiger charge is 2.12. The van der Waals surface area contributed by atoms with Crippen LogP contribution >= 0.6 is 0 Å². The van der Waals surface area contributed by atoms with Crippen molar-refractivity contribution in [1.82, 2.24) is 15.5 Å². The minimum absolute atomic E-state index is 0.137. The number of aryl methyl sites for hydroxylation is 1. The molecular formula is C15H17N3O4. The van der Waals surface area contributed by atoms with E-state index in [-0.39, 0.29) is 17.8 Å². The lowest BCUT2D eigenvalue weighted by molar-refractivity contribution is 0.0944. The van der Waals surface area contributed by atoms with Gasteiger partial charge in [-0.05, 0) is 30.7 Å². The highest BCUT2D eigenvalue weighted by atomic mass is 16.5. The molecule has 7 nitrogen and oxygen atoms in total. The summed E-state index contributed by atoms with van der Waals surface area (Å²) < 4.78 is 10.6. The quantitative estimate of drug-likeness (QED) is 0.860. The number of nitrogens with one attached hydrogen (secondary N) is 2. The highest BCUT2D eigenvalue weighted by molar-refractivity contribution is 5.91. The summed E-state index contributed by atoms with van der Waals surface area (Å²) in [5.41, 5.74) is 1.50. The van der Waals surface area contributed by atoms with Crippen molar-refractivity contribution in [3.8, 4) is 11.5 Å². The van der Waals surface area contributed by atoms with E-state index < -0.39 is 5.91 Å². The maximum atomic E-state index is 12.0. The van der Waals surface area contributed by atoms with Crippen LogP contribution < -0.4 is 20.3 Å². The Kier molecular flexibility index (Phi) is 4.77. The molecule has 2 rings (SSSR count). The number of hydrogen-bond donors (Lipinski definition) is 2. The van der Waals surface area contributed by atoms with Crippen molar-refractivity contribution in [2.45, 2.75) is 13.5 Å². The molecule has 0 aliphatic rings. The van der Waals surface area contributed by atoms with Gasteiger partial charge in [0.15, 0.2) is 0 Å². The summed E-state index contributed by atoms with van der Waals surface area (Å²) in [6, 6.07) is 6.27. The van der Waals surface area contributed by atoms with Crippen LogP contribution in [-0.4, -0.2) is 30.3 Å². The normalized spacial score (nSPS) is 10.1. The lowest BCUT2D eigenvalue weighted by Gasteiger charge is -2.13. The molecule has 1 aromatic heterocycles. The van der Waals surface area contributed by atoms with Crippen LogP contribution in [0.4, 0.5) is 0 Å². The van der Waals surface area contributed by atoms with Gasteiger partial charge < -0.3 is 14.8 Å². The van der Waals surface area contributed by atoms with Crippen LogP contribution in [-0.2, 0) is 6.54 Å². The minimum Gasteiger partial charge on any atom is -0.496 e. The predicted octanol–water partition coefficient (Wildman–Crippen LogP) is 1.03. The van der Waals surface area contributed by atoms with Gasteiger partial charge in [0.25, 0.3) is 11.5 Å². The van der Waals surface area contributed by atoms with Gasteiger partial charge in [-0.15, -0.1) is 0 Å². The average Bonchev–Trinajstić information content (AvgIpc) is 2.53. The molecule has 0 aliphatic carbocycles. The molecule has 0 aliphatic heterocycles. The number of aromatic nitrogens is 2. The Morgan fingerprint density at radius 1 is 1.23 bits per heavy atom. The second kappa shape index (κ2) is 6.75. The third kappa shape index (κ3) is 3.43. The lowest BCUT2D eigenvalue weighted by Crippen LogP contribution is -2.25. The SMILES string of the molecule is COc1cc(CNC(=O)c2ccc(=O)[nH]n2)c(OC)cc1C. The number of carbonyl (C=O) groups is 1. The smallest absolute Gasteiger partial charge is 0.271 e. The van der Waals surface area contributed by atoms with Gasteiger partial charge in [-0.3, -0.25) is 9.59 Å². The van der Waals surface area contributed by atoms with Gasteiger partial charge in [0.05, 0.1) is 14.2 Å². The average molecular weight is 303 g/mol. The lowest BCUT2D eigenvalue weighted by atomic mass is 10.1. The fourth-order valence-electron chi connectivity index (χ4n) is 1.99. The number of hydrogen-bond acceptors (Lipinski definition) is 5. The Morgan fingerprint density at radius 3 is 2.55 bits per heavy atom. The number of benzene rings is 1. The monoisotopic (exact) mass is 303 g/mol. The maximum Gasteiger partial charge on any atom is 0.271 e. The molecule has 0 atom stereocenters. The van der Waals surface area contributed by atoms with E-state index in [0.29, 0.717) is 11.5 Å². The first-order valence-electron chi connectivity index (χ1n) is 6.60. The molecule has 1 aromatic carbocycles. The van der Waals surface area contributed by atoms with E-state index in [1.165, 1.54) is 12.1 Å². The van der Waals surface area contributed by atoms with Crippen molar-refractivity contribution in [2.24, 2.45) is 0 Å². The minimum atomic E-state index is -0.391. The molecule has 22 heavy (non-hydrogen) atoms. The number of H-pyrrole nitrogens is 1. The van der Waals surface area contributed by atoms with Crippen LogP contribution in [0.5, 0.6) is 11.5 Å². The number of carbonyl (C=O) groups excluding carboxylic acids is 1. The van der Waals surface area contributed by atoms with E-state index in [0.717, 1.165) is 11.1 Å². The van der Waals surface area contributed by atoms with E-state index in [2.05, 4.69) is 15.5 Å². The molecule has 0 spiro atoms. The van der Waals surface area contributed by atoms with Crippen molar-refractivity contribution in [1.29, 1.82) is 0 Å². The fraction of sp³-hybridized carbons (Fsp3) is 0.267. The Labute approximate surface area is 127 Å². The molecule has 2 N–H and O–H groups in total. The first kappa shape index (κ1) is 15.6. The predicted molar refractivity (Wildman–Crippen MR) is 80.3 cm³/mol. The van der Waals surface area contributed by atoms with Gasteiger partial charge in [0.2, 0.25) is 0 Å². The summed E-state index contributed by atoms with van der Waals surface area (Å²) in [4.78, 5) is 22.9. The van der Waals surface area contributed by atoms with Crippen LogP contribution in [0.3, 0.4) is 0 Å². The fourth-order valence-corrected chi connectivity index (χ4v) is 1.99. The van der Waals surface area contributed by atoms with Gasteiger partial charge in [-0.1, -0.05) is 0 Å². The van der Waals surface area contributed by atoms with Gasteiger partial charge in [-0.2, -0.15) is 5.10 Å². The van der Waals surface area contributed by atoms with Crippen molar-refractivity contribution in [3.63, 3.8) is 0 Å². The van der Waals surface area contributed by atoms with Crippen LogP contribution in [0.25, 0.3) is 0 Å². The van der Waals surface area contributed by atoms with Crippen LogP contribution in [0, 0.1) is 6.92 Å². The van der Waals surface area contributed by atoms with Crippen LogP contribution in [0.2, 0.25) is 0 Å². The molecule has 7 heteroatoms. The Balaban J connectivity index is 2.15. The van der Waals surface area contributed by atoms with E-state index >= 15 is 0 Å². The number of nitrogens with zero attached hydrogens (tertiary/aromatic N) is 1. The number of rotatable bonds is 5. The van der Waals surface area contributed by atoms with E-state index in [1.807, 2.05) is 19.1 Å². The first-order valence-corrected chi connectivity index (χ1v) is 6.60. The van der Waals surface area contributed by atoms with Gasteiger partial charge in [0.1, 0.15) is 17.2 Å². The number of methoxy groups -OCH3 is 2. The van der Waals surface area contributed by atoms with Gasteiger partial charge in [-0.25, -0.2) is 5.10 Å². The van der Waals surface area contributed by atoms with Gasteiger partial charge >= 0.3 is 0 Å². The van der Waals surface area contributed by atoms with E-state index in [4.69, 9.17) is 9.47 Å². The van der Waals surface area contributed by atoms with Gasteiger partial charge in [0, 0.05) is 18.2 Å². The molecule has 0 fully saturated rings. The third-order valence-electron chi connectivity index (χ3n) is 3.15. The van der Waals surface area contributed by atoms with Crippen LogP contribution in [0.15, 0.2) is 29.1 Å². The first-order chi connectivity index (χ1) is 10.5. The standard InChI is InChI=1S/C15H17N3O4/c1-9-6-13(22-3)10(7-12(9)21-2)8-16-15(20)11-4-5-14(19)18-17-11/h4-7H,8H2,1-3H3,(H,16,20)(H,18,19). The molecule has 1 heterocycles. The second-order valence-electron chi connectivity index (χ2n) is 4.62. The Morgan fingerprint density at radius 2 is 1.95 bits per heavy atom. The van der Waals surface area contributed by atoms with Crippen molar-refractivity contribution in [2.75, 3.05) is 14.2 Å². The summed E-state index contributed by atoms with van der Waals surface area (Å²) in [5.74, 6) is 0.984. The van der Waals surface area contributed by atoms with Crippen molar-refractivity contribution < 1.29 is 14.3 Å². The van der Waals surface area contributed by atoms with E-state index in [1.54, 1.807) is 14.2 Å². The molecule has 2 aromatic rings. The third-order valence-corrected chi connectivity index (χ3v) is 3.15. The molecular weight excluding hydrogens is 286 g/mol. The highest BCUT2D eigenvalue weighted by Crippen LogP contribution is 2.28. The molecule has 0 saturated heterocycles. The number of aromatic amines is 1. The molecule has 0 unspecified atom stereocenters. The zero-order valence-electron chi connectivity index (χ0n) is 12.6. The summed E-state index contributed by atoms with van der Waals surface area (Å²) in [6.07, 6.45) is 0. The van der Waals surface area contributed by atoms with Crippen molar-refractivity contribution in [3.05, 3.63) is 51.4 Å². The topological polar surface area (TPSA) is 93.3 Å². The van der Waals surface area contributed by atoms with Crippen LogP contribution in [0.1, 0.15) is 21.6 Å². The summed E-state index contributed by atoms with van der Waals surface area (Å²) in [6.45, 7) is 2.16. The Hall–Kier alpha value is -2.83. The van der Waals surface area contributed by atoms with Crippen molar-refractivity contribution >= 4 is 5.91 Å². The van der Waals surface area contributed by atoms with E-state index in [9.17, 15) is 9.59 Å². The Bertz CT molecular complexity index is 720. The zero-order valence-corrected chi connectivity index (χ0v) is 12.6. The second-order valence-corrected chi connectivity index (χ2v) is 4.62. The molecule has 0 bridgehead atoms.